The van der Waals surface area contributed by atoms with Crippen molar-refractivity contribution in [1.82, 2.24) is 14.8 Å². The van der Waals surface area contributed by atoms with Crippen molar-refractivity contribution in [3.05, 3.63) is 39.9 Å². The van der Waals surface area contributed by atoms with Gasteiger partial charge in [0.2, 0.25) is 0 Å². The van der Waals surface area contributed by atoms with E-state index in [2.05, 4.69) is 14.8 Å². The number of aromatic nitrogens is 3. The smallest absolute Gasteiger partial charge is 0.287 e. The average molecular weight is 344 g/mol. The second-order valence-electron chi connectivity index (χ2n) is 4.65. The van der Waals surface area contributed by atoms with Gasteiger partial charge in [-0.2, -0.15) is 5.10 Å². The summed E-state index contributed by atoms with van der Waals surface area (Å²) < 4.78 is 27.8. The summed E-state index contributed by atoms with van der Waals surface area (Å²) in [6.07, 6.45) is 2.39. The second-order valence-corrected chi connectivity index (χ2v) is 6.71. The lowest BCUT2D eigenvalue weighted by Crippen LogP contribution is -2.23. The van der Waals surface area contributed by atoms with Gasteiger partial charge in [0.25, 0.3) is 15.6 Å². The number of nitrogens with one attached hydrogen (secondary N) is 1. The second kappa shape index (κ2) is 5.93. The number of rotatable bonds is 4. The van der Waals surface area contributed by atoms with E-state index in [1.54, 1.807) is 25.1 Å². The van der Waals surface area contributed by atoms with E-state index in [1.807, 2.05) is 0 Å². The van der Waals surface area contributed by atoms with Crippen LogP contribution in [0.2, 0.25) is 5.02 Å². The van der Waals surface area contributed by atoms with Crippen molar-refractivity contribution in [2.24, 2.45) is 7.05 Å². The molecule has 0 unspecified atom stereocenters. The molecule has 0 radical (unpaired) electrons. The van der Waals surface area contributed by atoms with Gasteiger partial charge in [-0.3, -0.25) is 9.52 Å². The molecule has 0 saturated carbocycles. The van der Waals surface area contributed by atoms with Crippen molar-refractivity contribution in [3.8, 4) is 0 Å². The zero-order valence-corrected chi connectivity index (χ0v) is 13.7. The first kappa shape index (κ1) is 16.2. The van der Waals surface area contributed by atoms with Gasteiger partial charge >= 0.3 is 0 Å². The molecule has 2 heterocycles. The SMILES string of the molecule is CN(C)c1ccc(S(=O)(=O)Nc2cnn(C)c(=O)c2Cl)cn1. The lowest BCUT2D eigenvalue weighted by molar-refractivity contribution is 0.600. The van der Waals surface area contributed by atoms with Crippen molar-refractivity contribution < 1.29 is 8.42 Å². The first-order valence-corrected chi connectivity index (χ1v) is 7.96. The predicted molar refractivity (Wildman–Crippen MR) is 83.9 cm³/mol. The zero-order chi connectivity index (χ0) is 16.5. The highest BCUT2D eigenvalue weighted by molar-refractivity contribution is 7.92. The molecule has 0 aromatic carbocycles. The van der Waals surface area contributed by atoms with E-state index in [9.17, 15) is 13.2 Å². The normalized spacial score (nSPS) is 11.3. The Bertz CT molecular complexity index is 846. The van der Waals surface area contributed by atoms with E-state index >= 15 is 0 Å². The van der Waals surface area contributed by atoms with Crippen molar-refractivity contribution in [1.29, 1.82) is 0 Å². The van der Waals surface area contributed by atoms with Crippen molar-refractivity contribution >= 4 is 33.1 Å². The van der Waals surface area contributed by atoms with E-state index in [1.165, 1.54) is 25.5 Å². The molecule has 10 heteroatoms. The van der Waals surface area contributed by atoms with Crippen LogP contribution in [-0.2, 0) is 17.1 Å². The van der Waals surface area contributed by atoms with Gasteiger partial charge in [0.05, 0.1) is 11.9 Å². The molecule has 1 N–H and O–H groups in total. The zero-order valence-electron chi connectivity index (χ0n) is 12.1. The molecular weight excluding hydrogens is 330 g/mol. The molecule has 0 fully saturated rings. The third-order valence-corrected chi connectivity index (χ3v) is 4.53. The number of hydrogen-bond acceptors (Lipinski definition) is 6. The van der Waals surface area contributed by atoms with Gasteiger partial charge in [-0.1, -0.05) is 11.6 Å². The van der Waals surface area contributed by atoms with Gasteiger partial charge in [-0.15, -0.1) is 0 Å². The highest BCUT2D eigenvalue weighted by Gasteiger charge is 2.18. The molecule has 0 bridgehead atoms. The molecule has 2 rings (SSSR count). The fourth-order valence-electron chi connectivity index (χ4n) is 1.58. The van der Waals surface area contributed by atoms with Gasteiger partial charge in [0.15, 0.2) is 0 Å². The molecule has 0 spiro atoms. The highest BCUT2D eigenvalue weighted by Crippen LogP contribution is 2.20. The largest absolute Gasteiger partial charge is 0.363 e. The molecule has 22 heavy (non-hydrogen) atoms. The van der Waals surface area contributed by atoms with Crippen LogP contribution in [0.5, 0.6) is 0 Å². The molecule has 0 aliphatic rings. The first-order chi connectivity index (χ1) is 10.2. The van der Waals surface area contributed by atoms with Crippen LogP contribution in [0.1, 0.15) is 0 Å². The summed E-state index contributed by atoms with van der Waals surface area (Å²) in [4.78, 5) is 17.4. The average Bonchev–Trinajstić information content (AvgIpc) is 2.48. The summed E-state index contributed by atoms with van der Waals surface area (Å²) in [5, 5.41) is 3.47. The fourth-order valence-corrected chi connectivity index (χ4v) is 2.86. The summed E-state index contributed by atoms with van der Waals surface area (Å²) in [6.45, 7) is 0. The molecule has 2 aromatic rings. The van der Waals surface area contributed by atoms with E-state index < -0.39 is 15.6 Å². The van der Waals surface area contributed by atoms with E-state index in [0.717, 1.165) is 4.68 Å². The quantitative estimate of drug-likeness (QED) is 0.877. The van der Waals surface area contributed by atoms with Crippen LogP contribution in [0, 0.1) is 0 Å². The van der Waals surface area contributed by atoms with Gasteiger partial charge in [-0.05, 0) is 12.1 Å². The topological polar surface area (TPSA) is 97.2 Å². The summed E-state index contributed by atoms with van der Waals surface area (Å²) in [6, 6.07) is 2.98. The number of nitrogens with zero attached hydrogens (tertiary/aromatic N) is 4. The minimum absolute atomic E-state index is 0.0464. The minimum Gasteiger partial charge on any atom is -0.363 e. The molecule has 2 aromatic heterocycles. The summed E-state index contributed by atoms with van der Waals surface area (Å²) in [5.74, 6) is 0.618. The maximum absolute atomic E-state index is 12.3. The predicted octanol–water partition coefficient (Wildman–Crippen LogP) is 0.696. The standard InChI is InChI=1S/C12H14ClN5O3S/c1-17(2)10-5-4-8(6-14-10)22(20,21)16-9-7-15-18(3)12(19)11(9)13/h4-7,16H,1-3H3. The number of halogens is 1. The highest BCUT2D eigenvalue weighted by atomic mass is 35.5. The number of anilines is 2. The van der Waals surface area contributed by atoms with E-state index in [-0.39, 0.29) is 15.6 Å². The van der Waals surface area contributed by atoms with Crippen LogP contribution in [0.25, 0.3) is 0 Å². The maximum atomic E-state index is 12.3. The van der Waals surface area contributed by atoms with Crippen molar-refractivity contribution in [2.45, 2.75) is 4.90 Å². The molecule has 0 atom stereocenters. The Balaban J connectivity index is 2.36. The number of aryl methyl sites for hydroxylation is 1. The van der Waals surface area contributed by atoms with Crippen LogP contribution >= 0.6 is 11.6 Å². The molecule has 0 amide bonds. The summed E-state index contributed by atoms with van der Waals surface area (Å²) >= 11 is 5.84. The Kier molecular flexibility index (Phi) is 4.38. The maximum Gasteiger partial charge on any atom is 0.287 e. The molecule has 0 saturated heterocycles. The molecule has 8 nitrogen and oxygen atoms in total. The lowest BCUT2D eigenvalue weighted by Gasteiger charge is -2.12. The third-order valence-electron chi connectivity index (χ3n) is 2.81. The van der Waals surface area contributed by atoms with Crippen LogP contribution in [0.15, 0.2) is 34.2 Å². The lowest BCUT2D eigenvalue weighted by atomic mass is 10.4. The number of sulfonamides is 1. The molecule has 0 aliphatic heterocycles. The van der Waals surface area contributed by atoms with Crippen molar-refractivity contribution in [2.75, 3.05) is 23.7 Å². The van der Waals surface area contributed by atoms with Crippen LogP contribution in [0.3, 0.4) is 0 Å². The van der Waals surface area contributed by atoms with Crippen LogP contribution in [0.4, 0.5) is 11.5 Å². The molecular formula is C12H14ClN5O3S. The Labute approximate surface area is 132 Å². The summed E-state index contributed by atoms with van der Waals surface area (Å²) in [7, 11) is 1.08. The Hall–Kier alpha value is -2.13. The Morgan fingerprint density at radius 2 is 1.95 bits per heavy atom. The number of hydrogen-bond donors (Lipinski definition) is 1. The monoisotopic (exact) mass is 343 g/mol. The van der Waals surface area contributed by atoms with Gasteiger partial charge in [0, 0.05) is 27.3 Å². The van der Waals surface area contributed by atoms with Crippen molar-refractivity contribution in [3.63, 3.8) is 0 Å². The fraction of sp³-hybridized carbons (Fsp3) is 0.250. The first-order valence-electron chi connectivity index (χ1n) is 6.10. The summed E-state index contributed by atoms with van der Waals surface area (Å²) in [5.41, 5.74) is -0.676. The van der Waals surface area contributed by atoms with Crippen LogP contribution in [-0.4, -0.2) is 37.3 Å². The molecule has 0 aliphatic carbocycles. The van der Waals surface area contributed by atoms with Crippen LogP contribution < -0.4 is 15.2 Å². The third kappa shape index (κ3) is 3.20. The van der Waals surface area contributed by atoms with Gasteiger partial charge in [-0.25, -0.2) is 18.1 Å². The Morgan fingerprint density at radius 1 is 1.27 bits per heavy atom. The van der Waals surface area contributed by atoms with E-state index in [0.29, 0.717) is 5.82 Å². The van der Waals surface area contributed by atoms with E-state index in [4.69, 9.17) is 11.6 Å². The Morgan fingerprint density at radius 3 is 2.50 bits per heavy atom. The number of pyridine rings is 1. The van der Waals surface area contributed by atoms with Gasteiger partial charge in [0.1, 0.15) is 15.7 Å². The molecule has 118 valence electrons. The van der Waals surface area contributed by atoms with Gasteiger partial charge < -0.3 is 4.90 Å². The minimum atomic E-state index is -3.91.